The molecular weight excluding hydrogens is 376 g/mol. The van der Waals surface area contributed by atoms with Crippen LogP contribution in [0.2, 0.25) is 0 Å². The zero-order valence-electron chi connectivity index (χ0n) is 15.7. The molecule has 8 heteroatoms. The van der Waals surface area contributed by atoms with Gasteiger partial charge in [0, 0.05) is 12.5 Å². The van der Waals surface area contributed by atoms with E-state index in [4.69, 9.17) is 0 Å². The van der Waals surface area contributed by atoms with E-state index in [0.717, 1.165) is 37.1 Å². The third-order valence-corrected chi connectivity index (χ3v) is 6.52. The van der Waals surface area contributed by atoms with Gasteiger partial charge in [0.15, 0.2) is 0 Å². The first kappa shape index (κ1) is 18.7. The number of benzene rings is 1. The molecule has 1 aliphatic carbocycles. The van der Waals surface area contributed by atoms with E-state index in [1.54, 1.807) is 24.3 Å². The lowest BCUT2D eigenvalue weighted by atomic mass is 9.78. The average molecular weight is 398 g/mol. The quantitative estimate of drug-likeness (QED) is 0.781. The van der Waals surface area contributed by atoms with E-state index in [1.807, 2.05) is 6.92 Å². The fourth-order valence-corrected chi connectivity index (χ4v) is 4.74. The highest BCUT2D eigenvalue weighted by molar-refractivity contribution is 7.15. The average Bonchev–Trinajstić information content (AvgIpc) is 3.27. The van der Waals surface area contributed by atoms with Gasteiger partial charge in [0.05, 0.1) is 11.1 Å². The smallest absolute Gasteiger partial charge is 0.261 e. The molecule has 28 heavy (non-hydrogen) atoms. The summed E-state index contributed by atoms with van der Waals surface area (Å²) < 4.78 is 0. The Kier molecular flexibility index (Phi) is 5.21. The van der Waals surface area contributed by atoms with Gasteiger partial charge in [0.1, 0.15) is 5.01 Å². The number of imide groups is 1. The van der Waals surface area contributed by atoms with E-state index in [0.29, 0.717) is 16.3 Å². The largest absolute Gasteiger partial charge is 0.300 e. The summed E-state index contributed by atoms with van der Waals surface area (Å²) in [5, 5.41) is 12.3. The van der Waals surface area contributed by atoms with Crippen LogP contribution in [0.5, 0.6) is 0 Å². The fourth-order valence-electron chi connectivity index (χ4n) is 4.06. The van der Waals surface area contributed by atoms with Crippen LogP contribution in [-0.4, -0.2) is 39.4 Å². The summed E-state index contributed by atoms with van der Waals surface area (Å²) in [6.45, 7) is 2.27. The van der Waals surface area contributed by atoms with Gasteiger partial charge in [-0.25, -0.2) is 0 Å². The molecule has 1 aliphatic heterocycles. The van der Waals surface area contributed by atoms with Gasteiger partial charge in [-0.1, -0.05) is 43.2 Å². The molecule has 0 radical (unpaired) electrons. The maximum Gasteiger partial charge on any atom is 0.261 e. The van der Waals surface area contributed by atoms with Gasteiger partial charge in [0.25, 0.3) is 11.8 Å². The second-order valence-electron chi connectivity index (χ2n) is 7.26. The normalized spacial score (nSPS) is 21.7. The monoisotopic (exact) mass is 398 g/mol. The van der Waals surface area contributed by atoms with Gasteiger partial charge < -0.3 is 5.32 Å². The number of aromatic nitrogens is 2. The number of hydrogen-bond donors (Lipinski definition) is 1. The van der Waals surface area contributed by atoms with Crippen molar-refractivity contribution in [3.8, 4) is 0 Å². The Morgan fingerprint density at radius 2 is 1.82 bits per heavy atom. The Balaban J connectivity index is 1.48. The minimum atomic E-state index is -0.262. The van der Waals surface area contributed by atoms with Gasteiger partial charge in [-0.2, -0.15) is 0 Å². The van der Waals surface area contributed by atoms with E-state index < -0.39 is 0 Å². The third kappa shape index (κ3) is 3.44. The molecule has 2 atom stereocenters. The van der Waals surface area contributed by atoms with Crippen molar-refractivity contribution in [1.29, 1.82) is 0 Å². The minimum absolute atomic E-state index is 0.0467. The zero-order chi connectivity index (χ0) is 19.7. The first-order valence-electron chi connectivity index (χ1n) is 9.67. The summed E-state index contributed by atoms with van der Waals surface area (Å²) in [5.74, 6) is -0.911. The van der Waals surface area contributed by atoms with Crippen LogP contribution in [0.15, 0.2) is 24.3 Å². The van der Waals surface area contributed by atoms with E-state index in [1.165, 1.54) is 16.2 Å². The van der Waals surface area contributed by atoms with Crippen molar-refractivity contribution in [2.45, 2.75) is 39.0 Å². The summed E-state index contributed by atoms with van der Waals surface area (Å²) in [4.78, 5) is 39.5. The maximum absolute atomic E-state index is 12.9. The summed E-state index contributed by atoms with van der Waals surface area (Å²) in [7, 11) is 0. The molecule has 7 nitrogen and oxygen atoms in total. The Labute approximate surface area is 167 Å². The number of rotatable bonds is 5. The topological polar surface area (TPSA) is 92.3 Å². The maximum atomic E-state index is 12.9. The van der Waals surface area contributed by atoms with Crippen molar-refractivity contribution in [3.05, 3.63) is 40.4 Å². The first-order chi connectivity index (χ1) is 13.6. The fraction of sp³-hybridized carbons (Fsp3) is 0.450. The minimum Gasteiger partial charge on any atom is -0.300 e. The van der Waals surface area contributed by atoms with E-state index in [2.05, 4.69) is 15.5 Å². The van der Waals surface area contributed by atoms with Crippen LogP contribution in [0.3, 0.4) is 0 Å². The SMILES string of the molecule is CCc1nnc(NC(=O)C2CCCCC2CN2C(=O)c3ccccc3C2=O)s1. The molecule has 1 aromatic carbocycles. The molecule has 3 amide bonds. The number of aryl methyl sites for hydroxylation is 1. The van der Waals surface area contributed by atoms with Gasteiger partial charge >= 0.3 is 0 Å². The Bertz CT molecular complexity index is 891. The zero-order valence-corrected chi connectivity index (χ0v) is 16.5. The molecule has 1 aromatic heterocycles. The molecule has 0 spiro atoms. The highest BCUT2D eigenvalue weighted by atomic mass is 32.1. The lowest BCUT2D eigenvalue weighted by Crippen LogP contribution is -2.41. The van der Waals surface area contributed by atoms with Crippen LogP contribution in [0.1, 0.15) is 58.3 Å². The molecule has 2 unspecified atom stereocenters. The molecule has 0 bridgehead atoms. The summed E-state index contributed by atoms with van der Waals surface area (Å²) in [5.41, 5.74) is 0.899. The second kappa shape index (κ2) is 7.79. The Morgan fingerprint density at radius 1 is 1.14 bits per heavy atom. The van der Waals surface area contributed by atoms with E-state index in [-0.39, 0.29) is 36.1 Å². The highest BCUT2D eigenvalue weighted by Crippen LogP contribution is 2.34. The van der Waals surface area contributed by atoms with Crippen LogP contribution in [0, 0.1) is 11.8 Å². The predicted molar refractivity (Wildman–Crippen MR) is 105 cm³/mol. The second-order valence-corrected chi connectivity index (χ2v) is 8.32. The third-order valence-electron chi connectivity index (χ3n) is 5.54. The molecule has 2 heterocycles. The van der Waals surface area contributed by atoms with Gasteiger partial charge in [-0.15, -0.1) is 10.2 Å². The molecule has 0 saturated heterocycles. The number of carbonyl (C=O) groups excluding carboxylic acids is 3. The standard InChI is InChI=1S/C20H22N4O3S/c1-2-16-22-23-20(28-16)21-17(25)13-8-4-3-7-12(13)11-24-18(26)14-9-5-6-10-15(14)19(24)27/h5-6,9-10,12-13H,2-4,7-8,11H2,1H3,(H,21,23,25). The van der Waals surface area contributed by atoms with Crippen molar-refractivity contribution < 1.29 is 14.4 Å². The number of nitrogens with one attached hydrogen (secondary N) is 1. The van der Waals surface area contributed by atoms with Crippen molar-refractivity contribution in [3.63, 3.8) is 0 Å². The summed E-state index contributed by atoms with van der Waals surface area (Å²) >= 11 is 1.38. The van der Waals surface area contributed by atoms with Gasteiger partial charge in [-0.05, 0) is 37.3 Å². The number of fused-ring (bicyclic) bond motifs is 1. The van der Waals surface area contributed by atoms with Gasteiger partial charge in [-0.3, -0.25) is 19.3 Å². The molecule has 146 valence electrons. The lowest BCUT2D eigenvalue weighted by molar-refractivity contribution is -0.122. The number of nitrogens with zero attached hydrogens (tertiary/aromatic N) is 3. The molecule has 4 rings (SSSR count). The summed E-state index contributed by atoms with van der Waals surface area (Å²) in [6, 6.07) is 6.89. The highest BCUT2D eigenvalue weighted by Gasteiger charge is 2.40. The Hall–Kier alpha value is -2.61. The Morgan fingerprint density at radius 3 is 2.46 bits per heavy atom. The lowest BCUT2D eigenvalue weighted by Gasteiger charge is -2.32. The van der Waals surface area contributed by atoms with Crippen LogP contribution in [0.4, 0.5) is 5.13 Å². The van der Waals surface area contributed by atoms with E-state index in [9.17, 15) is 14.4 Å². The molecule has 2 aromatic rings. The van der Waals surface area contributed by atoms with Crippen molar-refractivity contribution in [2.24, 2.45) is 11.8 Å². The van der Waals surface area contributed by atoms with Crippen molar-refractivity contribution in [1.82, 2.24) is 15.1 Å². The van der Waals surface area contributed by atoms with Crippen LogP contribution >= 0.6 is 11.3 Å². The number of hydrogen-bond acceptors (Lipinski definition) is 6. The first-order valence-corrected chi connectivity index (χ1v) is 10.5. The number of anilines is 1. The number of carbonyl (C=O) groups is 3. The molecule has 1 saturated carbocycles. The van der Waals surface area contributed by atoms with E-state index >= 15 is 0 Å². The predicted octanol–water partition coefficient (Wildman–Crippen LogP) is 3.14. The van der Waals surface area contributed by atoms with Crippen molar-refractivity contribution >= 4 is 34.2 Å². The summed E-state index contributed by atoms with van der Waals surface area (Å²) in [6.07, 6.45) is 4.31. The molecular formula is C20H22N4O3S. The van der Waals surface area contributed by atoms with Crippen LogP contribution < -0.4 is 5.32 Å². The molecule has 1 fully saturated rings. The van der Waals surface area contributed by atoms with Gasteiger partial charge in [0.2, 0.25) is 11.0 Å². The molecule has 1 N–H and O–H groups in total. The van der Waals surface area contributed by atoms with Crippen LogP contribution in [-0.2, 0) is 11.2 Å². The molecule has 2 aliphatic rings. The van der Waals surface area contributed by atoms with Crippen molar-refractivity contribution in [2.75, 3.05) is 11.9 Å². The van der Waals surface area contributed by atoms with Crippen LogP contribution in [0.25, 0.3) is 0 Å². The number of amides is 3.